The molecule has 0 spiro atoms. The van der Waals surface area contributed by atoms with E-state index in [1.807, 2.05) is 30.3 Å². The van der Waals surface area contributed by atoms with Crippen molar-refractivity contribution in [2.24, 2.45) is 7.05 Å². The van der Waals surface area contributed by atoms with Gasteiger partial charge in [-0.3, -0.25) is 9.48 Å². The van der Waals surface area contributed by atoms with E-state index in [9.17, 15) is 4.79 Å². The first kappa shape index (κ1) is 16.4. The molecule has 3 aromatic rings. The number of hydrogen-bond donors (Lipinski definition) is 1. The van der Waals surface area contributed by atoms with Crippen molar-refractivity contribution in [3.05, 3.63) is 48.3 Å². The van der Waals surface area contributed by atoms with Crippen LogP contribution < -0.4 is 5.32 Å². The average molecular weight is 351 g/mol. The van der Waals surface area contributed by atoms with Crippen LogP contribution in [0.3, 0.4) is 0 Å². The highest BCUT2D eigenvalue weighted by Crippen LogP contribution is 2.28. The number of carbonyl (C=O) groups is 1. The fraction of sp³-hybridized carbons (Fsp3) is 0.389. The summed E-state index contributed by atoms with van der Waals surface area (Å²) in [5, 5.41) is 20.1. The van der Waals surface area contributed by atoms with Gasteiger partial charge in [0, 0.05) is 24.8 Å². The Bertz CT molecular complexity index is 878. The van der Waals surface area contributed by atoms with Crippen LogP contribution in [0.4, 0.5) is 0 Å². The molecule has 1 aliphatic rings. The molecule has 0 bridgehead atoms. The molecule has 0 radical (unpaired) electrons. The number of hydrogen-bond acceptors (Lipinski definition) is 5. The number of aromatic nitrogens is 6. The average Bonchev–Trinajstić information content (AvgIpc) is 3.32. The van der Waals surface area contributed by atoms with E-state index in [-0.39, 0.29) is 18.0 Å². The van der Waals surface area contributed by atoms with Gasteiger partial charge in [0.1, 0.15) is 0 Å². The van der Waals surface area contributed by atoms with Crippen LogP contribution >= 0.6 is 0 Å². The van der Waals surface area contributed by atoms with Crippen molar-refractivity contribution in [3.8, 4) is 11.4 Å². The predicted octanol–water partition coefficient (Wildman–Crippen LogP) is 1.99. The Balaban J connectivity index is 1.34. The number of amides is 1. The molecule has 1 fully saturated rings. The standard InChI is InChI=1S/C18H21N7O/c1-24-12-14(11-19-24)18(26)20-15-7-9-16(10-8-15)25-22-17(21-23-25)13-5-3-2-4-6-13/h2-6,11-12,15-16H,7-10H2,1H3,(H,20,26). The summed E-state index contributed by atoms with van der Waals surface area (Å²) in [6.45, 7) is 0. The van der Waals surface area contributed by atoms with Gasteiger partial charge >= 0.3 is 0 Å². The van der Waals surface area contributed by atoms with Crippen LogP contribution in [0, 0.1) is 0 Å². The van der Waals surface area contributed by atoms with Crippen LogP contribution in [-0.2, 0) is 7.05 Å². The first-order valence-electron chi connectivity index (χ1n) is 8.83. The van der Waals surface area contributed by atoms with Crippen molar-refractivity contribution in [2.45, 2.75) is 37.8 Å². The van der Waals surface area contributed by atoms with Gasteiger partial charge in [0.15, 0.2) is 0 Å². The smallest absolute Gasteiger partial charge is 0.254 e. The van der Waals surface area contributed by atoms with Gasteiger partial charge in [0.2, 0.25) is 5.82 Å². The molecule has 2 aromatic heterocycles. The molecule has 0 unspecified atom stereocenters. The number of tetrazole rings is 1. The third-order valence-corrected chi connectivity index (χ3v) is 4.79. The highest BCUT2D eigenvalue weighted by molar-refractivity contribution is 5.93. The second-order valence-electron chi connectivity index (χ2n) is 6.68. The highest BCUT2D eigenvalue weighted by Gasteiger charge is 2.26. The van der Waals surface area contributed by atoms with E-state index in [4.69, 9.17) is 0 Å². The van der Waals surface area contributed by atoms with Gasteiger partial charge in [-0.05, 0) is 30.9 Å². The van der Waals surface area contributed by atoms with Gasteiger partial charge in [-0.1, -0.05) is 30.3 Å². The van der Waals surface area contributed by atoms with Crippen molar-refractivity contribution in [1.29, 1.82) is 0 Å². The first-order valence-corrected chi connectivity index (χ1v) is 8.83. The molecule has 0 saturated heterocycles. The molecule has 1 aliphatic carbocycles. The normalized spacial score (nSPS) is 20.0. The summed E-state index contributed by atoms with van der Waals surface area (Å²) in [5.41, 5.74) is 1.57. The topological polar surface area (TPSA) is 90.5 Å². The number of aryl methyl sites for hydroxylation is 1. The minimum atomic E-state index is -0.0632. The number of benzene rings is 1. The van der Waals surface area contributed by atoms with Gasteiger partial charge in [-0.2, -0.15) is 9.90 Å². The van der Waals surface area contributed by atoms with Crippen LogP contribution in [0.15, 0.2) is 42.7 Å². The lowest BCUT2D eigenvalue weighted by Crippen LogP contribution is -2.38. The fourth-order valence-corrected chi connectivity index (χ4v) is 3.34. The van der Waals surface area contributed by atoms with Gasteiger partial charge in [0.05, 0.1) is 17.8 Å². The van der Waals surface area contributed by atoms with Gasteiger partial charge in [-0.15, -0.1) is 10.2 Å². The SMILES string of the molecule is Cn1cc(C(=O)NC2CCC(n3nnc(-c4ccccc4)n3)CC2)cn1. The molecular formula is C18H21N7O. The van der Waals surface area contributed by atoms with Crippen molar-refractivity contribution in [1.82, 2.24) is 35.3 Å². The van der Waals surface area contributed by atoms with Crippen LogP contribution in [0.25, 0.3) is 11.4 Å². The van der Waals surface area contributed by atoms with Crippen molar-refractivity contribution < 1.29 is 4.79 Å². The minimum absolute atomic E-state index is 0.0632. The second kappa shape index (κ2) is 7.07. The molecule has 8 nitrogen and oxygen atoms in total. The van der Waals surface area contributed by atoms with Crippen LogP contribution in [-0.4, -0.2) is 41.9 Å². The molecule has 26 heavy (non-hydrogen) atoms. The molecule has 134 valence electrons. The highest BCUT2D eigenvalue weighted by atomic mass is 16.1. The van der Waals surface area contributed by atoms with Crippen LogP contribution in [0.5, 0.6) is 0 Å². The Morgan fingerprint density at radius 3 is 2.62 bits per heavy atom. The zero-order valence-electron chi connectivity index (χ0n) is 14.6. The predicted molar refractivity (Wildman–Crippen MR) is 95.2 cm³/mol. The summed E-state index contributed by atoms with van der Waals surface area (Å²) in [6, 6.07) is 10.3. The maximum Gasteiger partial charge on any atom is 0.254 e. The van der Waals surface area contributed by atoms with Gasteiger partial charge < -0.3 is 5.32 Å². The quantitative estimate of drug-likeness (QED) is 0.776. The number of nitrogens with one attached hydrogen (secondary N) is 1. The van der Waals surface area contributed by atoms with Crippen molar-refractivity contribution in [3.63, 3.8) is 0 Å². The number of carbonyl (C=O) groups excluding carboxylic acids is 1. The van der Waals surface area contributed by atoms with E-state index < -0.39 is 0 Å². The van der Waals surface area contributed by atoms with E-state index in [0.29, 0.717) is 11.4 Å². The molecule has 0 atom stereocenters. The largest absolute Gasteiger partial charge is 0.349 e. The molecular weight excluding hydrogens is 330 g/mol. The number of rotatable bonds is 4. The molecule has 1 saturated carbocycles. The molecule has 1 aromatic carbocycles. The molecule has 2 heterocycles. The van der Waals surface area contributed by atoms with E-state index in [1.54, 1.807) is 28.9 Å². The lowest BCUT2D eigenvalue weighted by Gasteiger charge is -2.28. The fourth-order valence-electron chi connectivity index (χ4n) is 3.34. The van der Waals surface area contributed by atoms with Gasteiger partial charge in [-0.25, -0.2) is 0 Å². The second-order valence-corrected chi connectivity index (χ2v) is 6.68. The summed E-state index contributed by atoms with van der Waals surface area (Å²) in [4.78, 5) is 14.0. The Morgan fingerprint density at radius 1 is 1.15 bits per heavy atom. The maximum absolute atomic E-state index is 12.2. The Morgan fingerprint density at radius 2 is 1.92 bits per heavy atom. The summed E-state index contributed by atoms with van der Waals surface area (Å²) in [5.74, 6) is 0.587. The van der Waals surface area contributed by atoms with Crippen LogP contribution in [0.2, 0.25) is 0 Å². The maximum atomic E-state index is 12.2. The first-order chi connectivity index (χ1) is 12.7. The summed E-state index contributed by atoms with van der Waals surface area (Å²) in [6.07, 6.45) is 6.96. The lowest BCUT2D eigenvalue weighted by atomic mass is 9.91. The molecule has 1 amide bonds. The molecule has 0 aliphatic heterocycles. The Labute approximate surface area is 151 Å². The lowest BCUT2D eigenvalue weighted by molar-refractivity contribution is 0.0920. The third-order valence-electron chi connectivity index (χ3n) is 4.79. The van der Waals surface area contributed by atoms with Crippen molar-refractivity contribution in [2.75, 3.05) is 0 Å². The van der Waals surface area contributed by atoms with E-state index in [0.717, 1.165) is 31.2 Å². The molecule has 8 heteroatoms. The summed E-state index contributed by atoms with van der Waals surface area (Å²) in [7, 11) is 1.80. The van der Waals surface area contributed by atoms with E-state index in [1.165, 1.54) is 0 Å². The van der Waals surface area contributed by atoms with Crippen LogP contribution in [0.1, 0.15) is 42.1 Å². The van der Waals surface area contributed by atoms with Gasteiger partial charge in [0.25, 0.3) is 5.91 Å². The Hall–Kier alpha value is -3.03. The molecule has 1 N–H and O–H groups in total. The number of nitrogens with zero attached hydrogens (tertiary/aromatic N) is 6. The molecule has 4 rings (SSSR count). The zero-order chi connectivity index (χ0) is 17.9. The van der Waals surface area contributed by atoms with E-state index >= 15 is 0 Å². The zero-order valence-corrected chi connectivity index (χ0v) is 14.6. The van der Waals surface area contributed by atoms with Crippen molar-refractivity contribution >= 4 is 5.91 Å². The minimum Gasteiger partial charge on any atom is -0.349 e. The monoisotopic (exact) mass is 351 g/mol. The Kier molecular flexibility index (Phi) is 4.47. The summed E-state index contributed by atoms with van der Waals surface area (Å²) < 4.78 is 1.63. The summed E-state index contributed by atoms with van der Waals surface area (Å²) >= 11 is 0. The third kappa shape index (κ3) is 3.49. The van der Waals surface area contributed by atoms with E-state index in [2.05, 4.69) is 25.8 Å².